The fourth-order valence-electron chi connectivity index (χ4n) is 3.77. The van der Waals surface area contributed by atoms with Crippen LogP contribution in [0, 0.1) is 12.8 Å². The minimum absolute atomic E-state index is 0.251. The second kappa shape index (κ2) is 7.09. The van der Waals surface area contributed by atoms with Gasteiger partial charge in [0.1, 0.15) is 0 Å². The van der Waals surface area contributed by atoms with Gasteiger partial charge in [-0.25, -0.2) is 0 Å². The summed E-state index contributed by atoms with van der Waals surface area (Å²) >= 11 is 1.59. The van der Waals surface area contributed by atoms with Gasteiger partial charge in [-0.2, -0.15) is 4.98 Å². The van der Waals surface area contributed by atoms with Gasteiger partial charge < -0.3 is 9.63 Å². The van der Waals surface area contributed by atoms with E-state index < -0.39 is 5.97 Å². The first-order chi connectivity index (χ1) is 14.1. The van der Waals surface area contributed by atoms with Gasteiger partial charge in [-0.1, -0.05) is 41.6 Å². The summed E-state index contributed by atoms with van der Waals surface area (Å²) in [4.78, 5) is 18.8. The third-order valence-corrected chi connectivity index (χ3v) is 6.36. The predicted molar refractivity (Wildman–Crippen MR) is 112 cm³/mol. The Bertz CT molecular complexity index is 1210. The van der Waals surface area contributed by atoms with E-state index >= 15 is 0 Å². The third-order valence-electron chi connectivity index (χ3n) is 5.32. The van der Waals surface area contributed by atoms with Crippen molar-refractivity contribution in [2.75, 3.05) is 13.1 Å². The number of aryl methyl sites for hydroxylation is 1. The van der Waals surface area contributed by atoms with Gasteiger partial charge in [0.05, 0.1) is 10.8 Å². The van der Waals surface area contributed by atoms with Crippen LogP contribution in [0.2, 0.25) is 0 Å². The van der Waals surface area contributed by atoms with Crippen molar-refractivity contribution in [2.24, 2.45) is 5.92 Å². The number of carbonyl (C=O) groups is 1. The zero-order valence-corrected chi connectivity index (χ0v) is 16.6. The van der Waals surface area contributed by atoms with Crippen LogP contribution in [-0.4, -0.2) is 39.2 Å². The number of benzene rings is 2. The average Bonchev–Trinajstić information content (AvgIpc) is 3.33. The van der Waals surface area contributed by atoms with Crippen LogP contribution >= 0.6 is 11.3 Å². The Morgan fingerprint density at radius 1 is 1.24 bits per heavy atom. The SMILES string of the molecule is Cc1csc(-c2nc(-c3ccc(CN4CC(C(=O)O)C4)c4ccccc34)no2)c1. The van der Waals surface area contributed by atoms with Crippen molar-refractivity contribution in [3.8, 4) is 22.2 Å². The number of aromatic nitrogens is 2. The normalized spacial score (nSPS) is 14.9. The summed E-state index contributed by atoms with van der Waals surface area (Å²) in [5.74, 6) is 0.143. The molecule has 3 heterocycles. The molecule has 1 aliphatic heterocycles. The van der Waals surface area contributed by atoms with Crippen LogP contribution in [0.5, 0.6) is 0 Å². The van der Waals surface area contributed by atoms with Crippen LogP contribution < -0.4 is 0 Å². The zero-order chi connectivity index (χ0) is 20.0. The van der Waals surface area contributed by atoms with Gasteiger partial charge in [0.25, 0.3) is 5.89 Å². The molecule has 2 aromatic heterocycles. The van der Waals surface area contributed by atoms with Crippen LogP contribution in [0.25, 0.3) is 32.9 Å². The number of fused-ring (bicyclic) bond motifs is 1. The van der Waals surface area contributed by atoms with Crippen LogP contribution in [0.1, 0.15) is 11.1 Å². The molecule has 1 N–H and O–H groups in total. The summed E-state index contributed by atoms with van der Waals surface area (Å²) in [6.07, 6.45) is 0. The lowest BCUT2D eigenvalue weighted by molar-refractivity contribution is -0.147. The highest BCUT2D eigenvalue weighted by atomic mass is 32.1. The second-order valence-electron chi connectivity index (χ2n) is 7.46. The molecule has 1 saturated heterocycles. The zero-order valence-electron chi connectivity index (χ0n) is 15.8. The molecule has 0 amide bonds. The Morgan fingerprint density at radius 2 is 2.03 bits per heavy atom. The molecule has 0 spiro atoms. The summed E-state index contributed by atoms with van der Waals surface area (Å²) in [6.45, 7) is 3.97. The first-order valence-electron chi connectivity index (χ1n) is 9.44. The number of thiophene rings is 1. The molecule has 0 atom stereocenters. The molecule has 0 aliphatic carbocycles. The quantitative estimate of drug-likeness (QED) is 0.529. The van der Waals surface area contributed by atoms with Crippen molar-refractivity contribution in [3.05, 3.63) is 59.0 Å². The smallest absolute Gasteiger partial charge is 0.309 e. The Balaban J connectivity index is 1.47. The van der Waals surface area contributed by atoms with Gasteiger partial charge in [-0.3, -0.25) is 9.69 Å². The topological polar surface area (TPSA) is 79.5 Å². The Labute approximate surface area is 171 Å². The minimum atomic E-state index is -0.713. The maximum Gasteiger partial charge on any atom is 0.309 e. The fourth-order valence-corrected chi connectivity index (χ4v) is 4.59. The summed E-state index contributed by atoms with van der Waals surface area (Å²) in [6, 6.07) is 14.3. The predicted octanol–water partition coefficient (Wildman–Crippen LogP) is 4.44. The number of likely N-dealkylation sites (tertiary alicyclic amines) is 1. The molecule has 0 bridgehead atoms. The van der Waals surface area contributed by atoms with Crippen molar-refractivity contribution in [3.63, 3.8) is 0 Å². The van der Waals surface area contributed by atoms with Crippen molar-refractivity contribution in [1.82, 2.24) is 15.0 Å². The third kappa shape index (κ3) is 3.32. The first-order valence-corrected chi connectivity index (χ1v) is 10.3. The van der Waals surface area contributed by atoms with E-state index in [0.29, 0.717) is 24.8 Å². The van der Waals surface area contributed by atoms with Crippen LogP contribution in [0.4, 0.5) is 0 Å². The Kier molecular flexibility index (Phi) is 4.41. The van der Waals surface area contributed by atoms with Gasteiger partial charge in [0, 0.05) is 25.2 Å². The van der Waals surface area contributed by atoms with Crippen LogP contribution in [0.15, 0.2) is 52.4 Å². The van der Waals surface area contributed by atoms with Crippen LogP contribution in [0.3, 0.4) is 0 Å². The number of carboxylic acids is 1. The summed E-state index contributed by atoms with van der Waals surface area (Å²) in [5, 5.41) is 17.6. The number of aliphatic carboxylic acids is 1. The molecule has 0 unspecified atom stereocenters. The molecule has 7 heteroatoms. The van der Waals surface area contributed by atoms with Gasteiger partial charge in [0.2, 0.25) is 5.82 Å². The number of hydrogen-bond acceptors (Lipinski definition) is 6. The van der Waals surface area contributed by atoms with E-state index in [9.17, 15) is 4.79 Å². The number of rotatable bonds is 5. The second-order valence-corrected chi connectivity index (χ2v) is 8.37. The highest BCUT2D eigenvalue weighted by molar-refractivity contribution is 7.13. The standard InChI is InChI=1S/C22H19N3O3S/c1-13-8-19(29-12-13)21-23-20(24-28-21)18-7-6-14(16-4-2-3-5-17(16)18)9-25-10-15(11-25)22(26)27/h2-8,12,15H,9-11H2,1H3,(H,26,27). The van der Waals surface area contributed by atoms with E-state index in [1.807, 2.05) is 31.2 Å². The lowest BCUT2D eigenvalue weighted by Crippen LogP contribution is -2.49. The molecule has 4 aromatic rings. The molecule has 146 valence electrons. The monoisotopic (exact) mass is 405 g/mol. The first kappa shape index (κ1) is 18.0. The van der Waals surface area contributed by atoms with E-state index in [1.165, 1.54) is 11.1 Å². The largest absolute Gasteiger partial charge is 0.481 e. The average molecular weight is 405 g/mol. The lowest BCUT2D eigenvalue weighted by atomic mass is 9.95. The van der Waals surface area contributed by atoms with E-state index in [-0.39, 0.29) is 5.92 Å². The summed E-state index contributed by atoms with van der Waals surface area (Å²) in [7, 11) is 0. The Hall–Kier alpha value is -3.03. The molecular formula is C22H19N3O3S. The molecular weight excluding hydrogens is 386 g/mol. The van der Waals surface area contributed by atoms with Crippen molar-refractivity contribution in [1.29, 1.82) is 0 Å². The van der Waals surface area contributed by atoms with Gasteiger partial charge >= 0.3 is 5.97 Å². The molecule has 1 aliphatic rings. The maximum atomic E-state index is 11.1. The van der Waals surface area contributed by atoms with E-state index in [2.05, 4.69) is 38.6 Å². The Morgan fingerprint density at radius 3 is 2.76 bits per heavy atom. The van der Waals surface area contributed by atoms with Gasteiger partial charge in [-0.15, -0.1) is 11.3 Å². The van der Waals surface area contributed by atoms with Crippen molar-refractivity contribution in [2.45, 2.75) is 13.5 Å². The molecule has 29 heavy (non-hydrogen) atoms. The van der Waals surface area contributed by atoms with E-state index in [4.69, 9.17) is 9.63 Å². The summed E-state index contributed by atoms with van der Waals surface area (Å²) < 4.78 is 5.51. The lowest BCUT2D eigenvalue weighted by Gasteiger charge is -2.36. The molecule has 0 saturated carbocycles. The number of hydrogen-bond donors (Lipinski definition) is 1. The molecule has 6 nitrogen and oxygen atoms in total. The molecule has 5 rings (SSSR count). The summed E-state index contributed by atoms with van der Waals surface area (Å²) in [5.41, 5.74) is 3.28. The van der Waals surface area contributed by atoms with Gasteiger partial charge in [-0.05, 0) is 40.3 Å². The highest BCUT2D eigenvalue weighted by Gasteiger charge is 2.32. The van der Waals surface area contributed by atoms with Crippen LogP contribution in [-0.2, 0) is 11.3 Å². The van der Waals surface area contributed by atoms with E-state index in [1.54, 1.807) is 11.3 Å². The van der Waals surface area contributed by atoms with E-state index in [0.717, 1.165) is 27.8 Å². The maximum absolute atomic E-state index is 11.1. The molecule has 2 aromatic carbocycles. The number of nitrogens with zero attached hydrogens (tertiary/aromatic N) is 3. The highest BCUT2D eigenvalue weighted by Crippen LogP contribution is 2.33. The van der Waals surface area contributed by atoms with Crippen molar-refractivity contribution >= 4 is 28.1 Å². The minimum Gasteiger partial charge on any atom is -0.481 e. The molecule has 0 radical (unpaired) electrons. The molecule has 1 fully saturated rings. The fraction of sp³-hybridized carbons (Fsp3) is 0.227. The van der Waals surface area contributed by atoms with Crippen molar-refractivity contribution < 1.29 is 14.4 Å². The van der Waals surface area contributed by atoms with Gasteiger partial charge in [0.15, 0.2) is 0 Å². The number of carboxylic acid groups (broad SMARTS) is 1.